The van der Waals surface area contributed by atoms with Crippen LogP contribution in [-0.4, -0.2) is 56.3 Å². The molecule has 0 atom stereocenters. The van der Waals surface area contributed by atoms with E-state index in [1.54, 1.807) is 24.8 Å². The first kappa shape index (κ1) is 26.2. The van der Waals surface area contributed by atoms with Crippen molar-refractivity contribution >= 4 is 27.4 Å². The number of methoxy groups -OCH3 is 1. The molecule has 0 radical (unpaired) electrons. The third-order valence-corrected chi connectivity index (χ3v) is 9.12. The van der Waals surface area contributed by atoms with Crippen molar-refractivity contribution in [3.8, 4) is 5.75 Å². The molecule has 8 nitrogen and oxygen atoms in total. The van der Waals surface area contributed by atoms with Crippen LogP contribution < -0.4 is 10.1 Å². The van der Waals surface area contributed by atoms with Crippen molar-refractivity contribution in [1.29, 1.82) is 0 Å². The van der Waals surface area contributed by atoms with E-state index in [9.17, 15) is 0 Å². The summed E-state index contributed by atoms with van der Waals surface area (Å²) in [5.74, 6) is 3.01. The fourth-order valence-corrected chi connectivity index (χ4v) is 6.98. The Kier molecular flexibility index (Phi) is 7.31. The van der Waals surface area contributed by atoms with E-state index in [-0.39, 0.29) is 5.60 Å². The lowest BCUT2D eigenvalue weighted by molar-refractivity contribution is -0.0379. The zero-order chi connectivity index (χ0) is 27.0. The fourth-order valence-electron chi connectivity index (χ4n) is 5.91. The van der Waals surface area contributed by atoms with Gasteiger partial charge in [0.15, 0.2) is 0 Å². The summed E-state index contributed by atoms with van der Waals surface area (Å²) in [7, 11) is 1.75. The van der Waals surface area contributed by atoms with Crippen molar-refractivity contribution in [1.82, 2.24) is 24.4 Å². The van der Waals surface area contributed by atoms with E-state index < -0.39 is 0 Å². The monoisotopic (exact) mass is 546 g/mol. The number of anilines is 1. The summed E-state index contributed by atoms with van der Waals surface area (Å²) in [5, 5.41) is 4.99. The van der Waals surface area contributed by atoms with Crippen LogP contribution in [0.4, 0.5) is 5.82 Å². The second-order valence-electron chi connectivity index (χ2n) is 11.3. The van der Waals surface area contributed by atoms with Crippen molar-refractivity contribution in [3.05, 3.63) is 64.3 Å². The largest absolute Gasteiger partial charge is 0.496 e. The molecule has 1 aromatic carbocycles. The Bertz CT molecular complexity index is 1450. The number of imidazole rings is 1. The topological polar surface area (TPSA) is 77.3 Å². The number of fused-ring (bicyclic) bond motifs is 3. The number of hydrogen-bond donors (Lipinski definition) is 1. The molecule has 0 bridgehead atoms. The van der Waals surface area contributed by atoms with Crippen LogP contribution in [0.1, 0.15) is 61.0 Å². The van der Waals surface area contributed by atoms with Gasteiger partial charge in [-0.15, -0.1) is 11.3 Å². The molecule has 2 aliphatic heterocycles. The normalized spacial score (nSPS) is 17.8. The van der Waals surface area contributed by atoms with E-state index in [2.05, 4.69) is 69.9 Å². The third-order valence-electron chi connectivity index (χ3n) is 8.01. The van der Waals surface area contributed by atoms with Crippen molar-refractivity contribution in [2.45, 2.75) is 77.8 Å². The molecule has 3 aromatic heterocycles. The maximum absolute atomic E-state index is 6.05. The minimum absolute atomic E-state index is 0.155. The van der Waals surface area contributed by atoms with Crippen LogP contribution in [0.2, 0.25) is 0 Å². The highest BCUT2D eigenvalue weighted by atomic mass is 32.1. The Morgan fingerprint density at radius 1 is 1.15 bits per heavy atom. The van der Waals surface area contributed by atoms with Crippen molar-refractivity contribution in [2.75, 3.05) is 25.5 Å². The molecule has 2 aliphatic rings. The summed E-state index contributed by atoms with van der Waals surface area (Å²) in [5.41, 5.74) is 3.73. The van der Waals surface area contributed by atoms with Gasteiger partial charge in [-0.25, -0.2) is 15.0 Å². The number of aryl methyl sites for hydroxylation is 1. The van der Waals surface area contributed by atoms with Crippen molar-refractivity contribution in [3.63, 3.8) is 0 Å². The van der Waals surface area contributed by atoms with Crippen LogP contribution >= 0.6 is 11.3 Å². The minimum Gasteiger partial charge on any atom is -0.496 e. The van der Waals surface area contributed by atoms with E-state index in [1.807, 2.05) is 6.20 Å². The number of piperidine rings is 1. The van der Waals surface area contributed by atoms with Gasteiger partial charge < -0.3 is 19.4 Å². The van der Waals surface area contributed by atoms with Crippen LogP contribution in [0.5, 0.6) is 5.75 Å². The number of thiophene rings is 1. The Hall–Kier alpha value is -3.01. The van der Waals surface area contributed by atoms with Gasteiger partial charge in [-0.1, -0.05) is 13.0 Å². The zero-order valence-corrected chi connectivity index (χ0v) is 24.2. The predicted octanol–water partition coefficient (Wildman–Crippen LogP) is 5.43. The number of rotatable bonds is 8. The molecular weight excluding hydrogens is 508 g/mol. The zero-order valence-electron chi connectivity index (χ0n) is 23.4. The Balaban J connectivity index is 1.11. The van der Waals surface area contributed by atoms with E-state index in [1.165, 1.54) is 27.0 Å². The first-order chi connectivity index (χ1) is 18.9. The minimum atomic E-state index is -0.155. The van der Waals surface area contributed by atoms with Gasteiger partial charge in [0.05, 0.1) is 31.2 Å². The van der Waals surface area contributed by atoms with Gasteiger partial charge in [0.25, 0.3) is 0 Å². The lowest BCUT2D eigenvalue weighted by Gasteiger charge is -2.33. The van der Waals surface area contributed by atoms with Gasteiger partial charge in [-0.3, -0.25) is 4.90 Å². The number of nitrogens with zero attached hydrogens (tertiary/aromatic N) is 5. The predicted molar refractivity (Wildman–Crippen MR) is 156 cm³/mol. The third kappa shape index (κ3) is 5.53. The number of ether oxygens (including phenoxy) is 2. The molecule has 206 valence electrons. The molecule has 0 unspecified atom stereocenters. The Morgan fingerprint density at radius 3 is 2.79 bits per heavy atom. The number of likely N-dealkylation sites (tertiary alicyclic amines) is 1. The smallest absolute Gasteiger partial charge is 0.138 e. The van der Waals surface area contributed by atoms with Crippen LogP contribution in [-0.2, 0) is 37.3 Å². The first-order valence-corrected chi connectivity index (χ1v) is 14.8. The molecule has 1 fully saturated rings. The molecular formula is C30H38N6O2S. The van der Waals surface area contributed by atoms with E-state index in [0.29, 0.717) is 12.6 Å². The molecule has 0 aliphatic carbocycles. The maximum atomic E-state index is 6.05. The lowest BCUT2D eigenvalue weighted by Crippen LogP contribution is -2.39. The van der Waals surface area contributed by atoms with Gasteiger partial charge in [-0.2, -0.15) is 0 Å². The molecule has 0 saturated carbocycles. The Labute approximate surface area is 234 Å². The van der Waals surface area contributed by atoms with Gasteiger partial charge in [0.2, 0.25) is 0 Å². The Morgan fingerprint density at radius 2 is 2.00 bits per heavy atom. The van der Waals surface area contributed by atoms with Crippen molar-refractivity contribution in [2.24, 2.45) is 0 Å². The van der Waals surface area contributed by atoms with Gasteiger partial charge in [-0.05, 0) is 49.9 Å². The quantitative estimate of drug-likeness (QED) is 0.316. The summed E-state index contributed by atoms with van der Waals surface area (Å²) < 4.78 is 13.9. The van der Waals surface area contributed by atoms with Crippen molar-refractivity contribution < 1.29 is 9.47 Å². The second-order valence-corrected chi connectivity index (χ2v) is 12.4. The van der Waals surface area contributed by atoms with E-state index >= 15 is 0 Å². The van der Waals surface area contributed by atoms with Gasteiger partial charge in [0.1, 0.15) is 28.5 Å². The first-order valence-electron chi connectivity index (χ1n) is 14.0. The second kappa shape index (κ2) is 10.9. The number of nitrogens with one attached hydrogen (secondary N) is 1. The molecule has 0 amide bonds. The van der Waals surface area contributed by atoms with Gasteiger partial charge >= 0.3 is 0 Å². The van der Waals surface area contributed by atoms with E-state index in [0.717, 1.165) is 74.1 Å². The van der Waals surface area contributed by atoms with Crippen LogP contribution in [0.3, 0.4) is 0 Å². The summed E-state index contributed by atoms with van der Waals surface area (Å²) in [6, 6.07) is 7.01. The summed E-state index contributed by atoms with van der Waals surface area (Å²) in [6.07, 6.45) is 9.61. The van der Waals surface area contributed by atoms with E-state index in [4.69, 9.17) is 14.5 Å². The molecule has 9 heteroatoms. The highest BCUT2D eigenvalue weighted by molar-refractivity contribution is 7.18. The lowest BCUT2D eigenvalue weighted by atomic mass is 9.94. The summed E-state index contributed by atoms with van der Waals surface area (Å²) >= 11 is 1.75. The number of hydrogen-bond acceptors (Lipinski definition) is 8. The molecule has 39 heavy (non-hydrogen) atoms. The SMILES string of the molecule is CCc1nccn1Cc1cc(CN2CCC(Nc3ncnc4sc5c(c34)CC(C)(C)OC5)CC2)ccc1OC. The van der Waals surface area contributed by atoms with Crippen LogP contribution in [0.15, 0.2) is 36.9 Å². The maximum Gasteiger partial charge on any atom is 0.138 e. The summed E-state index contributed by atoms with van der Waals surface area (Å²) in [6.45, 7) is 11.0. The average molecular weight is 547 g/mol. The molecule has 6 rings (SSSR count). The standard InChI is InChI=1S/C30H38N6O2S/c1-5-26-31-10-13-36(26)17-21-14-20(6-7-24(21)37-4)16-35-11-8-22(9-12-35)34-28-27-23-15-30(2,3)38-18-25(23)39-29(27)33-19-32-28/h6-7,10,13-14,19,22H,5,8-9,11-12,15-18H2,1-4H3,(H,32,33,34). The van der Waals surface area contributed by atoms with Crippen LogP contribution in [0.25, 0.3) is 10.2 Å². The molecule has 4 aromatic rings. The number of aromatic nitrogens is 4. The number of benzene rings is 1. The highest BCUT2D eigenvalue weighted by Gasteiger charge is 2.31. The highest BCUT2D eigenvalue weighted by Crippen LogP contribution is 2.40. The summed E-state index contributed by atoms with van der Waals surface area (Å²) in [4.78, 5) is 18.7. The molecule has 0 spiro atoms. The molecule has 1 saturated heterocycles. The molecule has 5 heterocycles. The average Bonchev–Trinajstić information content (AvgIpc) is 3.53. The molecule has 1 N–H and O–H groups in total. The fraction of sp³-hybridized carbons (Fsp3) is 0.500. The van der Waals surface area contributed by atoms with Crippen LogP contribution in [0, 0.1) is 0 Å². The van der Waals surface area contributed by atoms with Gasteiger partial charge in [0, 0.05) is 61.4 Å².